The van der Waals surface area contributed by atoms with Crippen LogP contribution in [0.15, 0.2) is 46.7 Å². The van der Waals surface area contributed by atoms with Crippen molar-refractivity contribution in [3.63, 3.8) is 0 Å². The molecule has 0 saturated heterocycles. The van der Waals surface area contributed by atoms with Crippen LogP contribution >= 0.6 is 0 Å². The topological polar surface area (TPSA) is 119 Å². The van der Waals surface area contributed by atoms with E-state index in [1.54, 1.807) is 12.1 Å². The molecule has 0 aliphatic heterocycles. The molecule has 2 aromatic carbocycles. The number of carbonyl (C=O) groups excluding carboxylic acids is 2. The monoisotopic (exact) mass is 483 g/mol. The van der Waals surface area contributed by atoms with E-state index in [1.165, 1.54) is 0 Å². The van der Waals surface area contributed by atoms with Crippen molar-refractivity contribution in [2.45, 2.75) is 18.8 Å². The van der Waals surface area contributed by atoms with E-state index in [9.17, 15) is 41.2 Å². The predicted molar refractivity (Wildman–Crippen MR) is 101 cm³/mol. The van der Waals surface area contributed by atoms with Crippen LogP contribution in [0.1, 0.15) is 28.7 Å². The molecule has 1 amide bonds. The van der Waals surface area contributed by atoms with Crippen molar-refractivity contribution in [3.05, 3.63) is 58.7 Å². The minimum absolute atomic E-state index is 0.145. The van der Waals surface area contributed by atoms with E-state index in [1.807, 2.05) is 0 Å². The van der Waals surface area contributed by atoms with Crippen LogP contribution in [-0.2, 0) is 26.7 Å². The zero-order valence-corrected chi connectivity index (χ0v) is 16.9. The highest BCUT2D eigenvalue weighted by Crippen LogP contribution is 2.35. The van der Waals surface area contributed by atoms with Crippen LogP contribution in [0, 0.1) is 22.7 Å². The first-order valence-electron chi connectivity index (χ1n) is 8.86. The standard InChI is InChI=1S/C20H11F6N5O3/c1-34-18(33)8-17(32)31(16-7-14(20(24,25)26)5-3-12(16)10-28)30-29-15-6-13(19(21,22)23)4-2-11(15)9-27/h2-7H,8H2,1H3. The fourth-order valence-electron chi connectivity index (χ4n) is 2.46. The van der Waals surface area contributed by atoms with Crippen LogP contribution in [-0.4, -0.2) is 19.0 Å². The third-order valence-corrected chi connectivity index (χ3v) is 4.12. The maximum atomic E-state index is 13.2. The van der Waals surface area contributed by atoms with E-state index in [4.69, 9.17) is 5.26 Å². The van der Waals surface area contributed by atoms with Gasteiger partial charge in [0.15, 0.2) is 0 Å². The number of halogens is 6. The van der Waals surface area contributed by atoms with Crippen LogP contribution in [0.3, 0.4) is 0 Å². The van der Waals surface area contributed by atoms with Gasteiger partial charge in [-0.3, -0.25) is 9.59 Å². The van der Waals surface area contributed by atoms with E-state index in [0.29, 0.717) is 24.3 Å². The lowest BCUT2D eigenvalue weighted by Crippen LogP contribution is -2.28. The summed E-state index contributed by atoms with van der Waals surface area (Å²) in [4.78, 5) is 24.1. The van der Waals surface area contributed by atoms with Crippen LogP contribution in [0.4, 0.5) is 37.7 Å². The highest BCUT2D eigenvalue weighted by Gasteiger charge is 2.33. The Morgan fingerprint density at radius 2 is 1.47 bits per heavy atom. The summed E-state index contributed by atoms with van der Waals surface area (Å²) in [5.74, 6) is -2.43. The molecule has 0 unspecified atom stereocenters. The second kappa shape index (κ2) is 9.99. The number of nitriles is 2. The maximum Gasteiger partial charge on any atom is 0.416 e. The van der Waals surface area contributed by atoms with Gasteiger partial charge in [0.05, 0.1) is 35.1 Å². The van der Waals surface area contributed by atoms with Gasteiger partial charge in [-0.05, 0) is 36.4 Å². The van der Waals surface area contributed by atoms with E-state index in [2.05, 4.69) is 15.1 Å². The number of hydrogen-bond donors (Lipinski definition) is 0. The number of benzene rings is 2. The smallest absolute Gasteiger partial charge is 0.416 e. The predicted octanol–water partition coefficient (Wildman–Crippen LogP) is 5.06. The Morgan fingerprint density at radius 3 is 1.97 bits per heavy atom. The molecule has 0 bridgehead atoms. The van der Waals surface area contributed by atoms with Crippen LogP contribution in [0.5, 0.6) is 0 Å². The summed E-state index contributed by atoms with van der Waals surface area (Å²) in [6, 6.07) is 6.59. The van der Waals surface area contributed by atoms with Gasteiger partial charge in [-0.15, -0.1) is 5.11 Å². The van der Waals surface area contributed by atoms with E-state index in [-0.39, 0.29) is 5.01 Å². The molecule has 0 aliphatic rings. The SMILES string of the molecule is COC(=O)CC(=O)N(N=Nc1cc(C(F)(F)F)ccc1C#N)c1cc(C(F)(F)F)ccc1C#N. The number of carbonyl (C=O) groups is 2. The summed E-state index contributed by atoms with van der Waals surface area (Å²) in [6.45, 7) is 0. The largest absolute Gasteiger partial charge is 0.469 e. The number of rotatable bonds is 5. The van der Waals surface area contributed by atoms with E-state index >= 15 is 0 Å². The molecule has 0 heterocycles. The second-order valence-electron chi connectivity index (χ2n) is 6.33. The summed E-state index contributed by atoms with van der Waals surface area (Å²) in [5, 5.41) is 25.3. The number of hydrogen-bond acceptors (Lipinski definition) is 7. The van der Waals surface area contributed by atoms with Crippen molar-refractivity contribution < 1.29 is 40.7 Å². The first-order chi connectivity index (χ1) is 15.8. The van der Waals surface area contributed by atoms with Gasteiger partial charge in [0.25, 0.3) is 5.91 Å². The molecule has 2 aromatic rings. The minimum Gasteiger partial charge on any atom is -0.469 e. The van der Waals surface area contributed by atoms with Crippen LogP contribution < -0.4 is 5.01 Å². The molecule has 0 atom stereocenters. The highest BCUT2D eigenvalue weighted by atomic mass is 19.4. The number of ether oxygens (including phenoxy) is 1. The molecule has 0 radical (unpaired) electrons. The lowest BCUT2D eigenvalue weighted by Gasteiger charge is -2.18. The Bertz CT molecular complexity index is 1230. The second-order valence-corrected chi connectivity index (χ2v) is 6.33. The first kappa shape index (κ1) is 25.8. The normalized spacial score (nSPS) is 11.6. The van der Waals surface area contributed by atoms with Gasteiger partial charge in [0, 0.05) is 0 Å². The van der Waals surface area contributed by atoms with Crippen molar-refractivity contribution >= 4 is 23.3 Å². The van der Waals surface area contributed by atoms with Crippen LogP contribution in [0.2, 0.25) is 0 Å². The zero-order valence-electron chi connectivity index (χ0n) is 16.9. The molecule has 0 fully saturated rings. The molecule has 8 nitrogen and oxygen atoms in total. The molecule has 14 heteroatoms. The number of amides is 1. The Balaban J connectivity index is 2.69. The van der Waals surface area contributed by atoms with Crippen molar-refractivity contribution in [2.75, 3.05) is 12.1 Å². The Morgan fingerprint density at radius 1 is 0.941 bits per heavy atom. The maximum absolute atomic E-state index is 13.2. The molecule has 34 heavy (non-hydrogen) atoms. The molecule has 0 aromatic heterocycles. The third kappa shape index (κ3) is 6.07. The molecule has 0 saturated carbocycles. The fraction of sp³-hybridized carbons (Fsp3) is 0.200. The minimum atomic E-state index is -4.90. The van der Waals surface area contributed by atoms with Crippen LogP contribution in [0.25, 0.3) is 0 Å². The van der Waals surface area contributed by atoms with Gasteiger partial charge in [-0.1, -0.05) is 5.22 Å². The average Bonchev–Trinajstić information content (AvgIpc) is 2.77. The number of alkyl halides is 6. The van der Waals surface area contributed by atoms with E-state index < -0.39 is 64.3 Å². The molecule has 176 valence electrons. The van der Waals surface area contributed by atoms with Gasteiger partial charge >= 0.3 is 18.3 Å². The third-order valence-electron chi connectivity index (χ3n) is 4.12. The summed E-state index contributed by atoms with van der Waals surface area (Å²) in [6.07, 6.45) is -10.8. The van der Waals surface area contributed by atoms with Gasteiger partial charge < -0.3 is 4.74 Å². The first-order valence-corrected chi connectivity index (χ1v) is 8.86. The molecule has 0 spiro atoms. The molecule has 2 rings (SSSR count). The summed E-state index contributed by atoms with van der Waals surface area (Å²) in [5.41, 5.74) is -4.82. The Labute approximate surface area is 187 Å². The quantitative estimate of drug-likeness (QED) is 0.194. The number of anilines is 1. The zero-order chi connectivity index (χ0) is 25.7. The highest BCUT2D eigenvalue weighted by molar-refractivity contribution is 6.03. The van der Waals surface area contributed by atoms with Gasteiger partial charge in [-0.25, -0.2) is 0 Å². The summed E-state index contributed by atoms with van der Waals surface area (Å²) < 4.78 is 82.9. The summed E-state index contributed by atoms with van der Waals surface area (Å²) >= 11 is 0. The lowest BCUT2D eigenvalue weighted by molar-refractivity contribution is -0.143. The lowest BCUT2D eigenvalue weighted by atomic mass is 10.1. The molecule has 0 aliphatic carbocycles. The van der Waals surface area contributed by atoms with E-state index in [0.717, 1.165) is 19.2 Å². The fourth-order valence-corrected chi connectivity index (χ4v) is 2.46. The van der Waals surface area contributed by atoms with Gasteiger partial charge in [-0.2, -0.15) is 41.9 Å². The Kier molecular flexibility index (Phi) is 7.58. The van der Waals surface area contributed by atoms with Crippen molar-refractivity contribution in [3.8, 4) is 12.1 Å². The number of esters is 1. The van der Waals surface area contributed by atoms with Crippen molar-refractivity contribution in [2.24, 2.45) is 10.3 Å². The molecular formula is C20H11F6N5O3. The Hall–Kier alpha value is -4.46. The van der Waals surface area contributed by atoms with Gasteiger partial charge in [0.1, 0.15) is 24.2 Å². The number of nitrogens with zero attached hydrogens (tertiary/aromatic N) is 5. The van der Waals surface area contributed by atoms with Crippen molar-refractivity contribution in [1.82, 2.24) is 0 Å². The molecule has 0 N–H and O–H groups in total. The molecular weight excluding hydrogens is 472 g/mol. The van der Waals surface area contributed by atoms with Gasteiger partial charge in [0.2, 0.25) is 0 Å². The average molecular weight is 483 g/mol. The van der Waals surface area contributed by atoms with Crippen molar-refractivity contribution in [1.29, 1.82) is 10.5 Å². The number of methoxy groups -OCH3 is 1. The summed E-state index contributed by atoms with van der Waals surface area (Å²) in [7, 11) is 0.925.